The van der Waals surface area contributed by atoms with Crippen LogP contribution in [0.2, 0.25) is 10.2 Å². The zero-order valence-electron chi connectivity index (χ0n) is 15.2. The molecule has 9 heteroatoms. The molecule has 2 aromatic carbocycles. The van der Waals surface area contributed by atoms with E-state index < -0.39 is 0 Å². The van der Waals surface area contributed by atoms with Crippen molar-refractivity contribution in [1.82, 2.24) is 9.97 Å². The van der Waals surface area contributed by atoms with Gasteiger partial charge in [0, 0.05) is 31.2 Å². The second-order valence-electron chi connectivity index (χ2n) is 6.03. The van der Waals surface area contributed by atoms with Gasteiger partial charge >= 0.3 is 0 Å². The molecule has 0 aliphatic heterocycles. The van der Waals surface area contributed by atoms with Crippen LogP contribution in [0.3, 0.4) is 0 Å². The van der Waals surface area contributed by atoms with Crippen molar-refractivity contribution in [3.63, 3.8) is 0 Å². The van der Waals surface area contributed by atoms with E-state index in [1.54, 1.807) is 61.5 Å². The summed E-state index contributed by atoms with van der Waals surface area (Å²) in [6.45, 7) is 0.205. The highest BCUT2D eigenvalue weighted by molar-refractivity contribution is 6.32. The Balaban J connectivity index is 1.93. The van der Waals surface area contributed by atoms with Crippen LogP contribution in [0, 0.1) is 5.82 Å². The van der Waals surface area contributed by atoms with Gasteiger partial charge in [-0.25, -0.2) is 4.39 Å². The second kappa shape index (κ2) is 8.95. The molecule has 0 amide bonds. The first-order valence-corrected chi connectivity index (χ1v) is 9.09. The van der Waals surface area contributed by atoms with Crippen LogP contribution in [0.25, 0.3) is 0 Å². The summed E-state index contributed by atoms with van der Waals surface area (Å²) in [6.07, 6.45) is 0. The molecule has 0 aliphatic carbocycles. The predicted octanol–water partition coefficient (Wildman–Crippen LogP) is 6.02. The Hall–Kier alpha value is -2.77. The monoisotopic (exact) mass is 418 g/mol. The fraction of sp³-hybridized carbons (Fsp3) is 0.158. The van der Waals surface area contributed by atoms with E-state index in [2.05, 4.69) is 25.5 Å². The molecule has 6 nitrogen and oxygen atoms in total. The van der Waals surface area contributed by atoms with Gasteiger partial charge in [-0.05, 0) is 30.3 Å². The van der Waals surface area contributed by atoms with Crippen molar-refractivity contribution in [2.45, 2.75) is 6.54 Å². The second-order valence-corrected chi connectivity index (χ2v) is 6.82. The van der Waals surface area contributed by atoms with E-state index in [-0.39, 0.29) is 23.2 Å². The van der Waals surface area contributed by atoms with Crippen molar-refractivity contribution < 1.29 is 4.39 Å². The van der Waals surface area contributed by atoms with Gasteiger partial charge in [0.05, 0.1) is 5.69 Å². The summed E-state index contributed by atoms with van der Waals surface area (Å²) in [5, 5.41) is 12.2. The summed E-state index contributed by atoms with van der Waals surface area (Å²) in [6, 6.07) is 13.3. The zero-order valence-corrected chi connectivity index (χ0v) is 16.7. The molecule has 144 valence electrons. The molecule has 0 radical (unpaired) electrons. The Morgan fingerprint density at radius 1 is 1.00 bits per heavy atom. The van der Waals surface area contributed by atoms with Gasteiger partial charge in [-0.1, -0.05) is 41.4 Å². The Morgan fingerprint density at radius 2 is 1.71 bits per heavy atom. The zero-order chi connectivity index (χ0) is 20.1. The lowest BCUT2D eigenvalue weighted by molar-refractivity contribution is 0.613. The molecule has 0 unspecified atom stereocenters. The van der Waals surface area contributed by atoms with Crippen LogP contribution >= 0.6 is 23.2 Å². The summed E-state index contributed by atoms with van der Waals surface area (Å²) in [5.74, 6) is 0.434. The van der Waals surface area contributed by atoms with Crippen LogP contribution in [0.5, 0.6) is 0 Å². The molecule has 1 heterocycles. The molecule has 1 N–H and O–H groups in total. The van der Waals surface area contributed by atoms with E-state index in [0.29, 0.717) is 28.0 Å². The number of hydrogen-bond donors (Lipinski definition) is 1. The molecule has 0 saturated carbocycles. The van der Waals surface area contributed by atoms with E-state index >= 15 is 0 Å². The number of benzene rings is 2. The van der Waals surface area contributed by atoms with E-state index in [9.17, 15) is 4.39 Å². The number of nitrogens with zero attached hydrogens (tertiary/aromatic N) is 5. The lowest BCUT2D eigenvalue weighted by Gasteiger charge is -2.15. The highest BCUT2D eigenvalue weighted by Crippen LogP contribution is 2.34. The number of azo groups is 1. The molecule has 3 aromatic rings. The number of halogens is 3. The molecule has 3 rings (SSSR count). The molecule has 0 bridgehead atoms. The van der Waals surface area contributed by atoms with Crippen LogP contribution in [0.1, 0.15) is 5.56 Å². The smallest absolute Gasteiger partial charge is 0.228 e. The van der Waals surface area contributed by atoms with E-state index in [0.717, 1.165) is 0 Å². The molecule has 0 saturated heterocycles. The Bertz CT molecular complexity index is 992. The molecule has 0 aliphatic rings. The molecule has 0 fully saturated rings. The third-order valence-electron chi connectivity index (χ3n) is 3.73. The molecule has 0 spiro atoms. The largest absolute Gasteiger partial charge is 0.364 e. The summed E-state index contributed by atoms with van der Waals surface area (Å²) < 4.78 is 13.9. The van der Waals surface area contributed by atoms with Gasteiger partial charge in [0.15, 0.2) is 16.7 Å². The summed E-state index contributed by atoms with van der Waals surface area (Å²) in [5.41, 5.74) is 1.35. The Kier molecular flexibility index (Phi) is 6.38. The number of rotatable bonds is 6. The van der Waals surface area contributed by atoms with Crippen molar-refractivity contribution in [3.05, 3.63) is 70.1 Å². The molecular formula is C19H17Cl2FN6. The minimum Gasteiger partial charge on any atom is -0.364 e. The first-order valence-electron chi connectivity index (χ1n) is 8.33. The van der Waals surface area contributed by atoms with E-state index in [1.165, 1.54) is 6.07 Å². The lowest BCUT2D eigenvalue weighted by Crippen LogP contribution is -2.14. The highest BCUT2D eigenvalue weighted by atomic mass is 35.5. The SMILES string of the molecule is CN(C)c1nc(Cl)c(N=Nc2ccc(Cl)cc2)c(NCc2ccccc2F)n1. The predicted molar refractivity (Wildman–Crippen MR) is 111 cm³/mol. The first-order chi connectivity index (χ1) is 13.4. The fourth-order valence-corrected chi connectivity index (χ4v) is 2.59. The van der Waals surface area contributed by atoms with Gasteiger partial charge < -0.3 is 10.2 Å². The van der Waals surface area contributed by atoms with E-state index in [4.69, 9.17) is 23.2 Å². The van der Waals surface area contributed by atoms with Crippen molar-refractivity contribution >= 4 is 46.3 Å². The van der Waals surface area contributed by atoms with Crippen molar-refractivity contribution in [2.24, 2.45) is 10.2 Å². The van der Waals surface area contributed by atoms with Gasteiger partial charge in [0.2, 0.25) is 5.95 Å². The van der Waals surface area contributed by atoms with Crippen LogP contribution in [-0.4, -0.2) is 24.1 Å². The Morgan fingerprint density at radius 3 is 2.39 bits per heavy atom. The molecular weight excluding hydrogens is 402 g/mol. The lowest BCUT2D eigenvalue weighted by atomic mass is 10.2. The van der Waals surface area contributed by atoms with Crippen molar-refractivity contribution in [3.8, 4) is 0 Å². The van der Waals surface area contributed by atoms with Crippen LogP contribution in [0.15, 0.2) is 58.8 Å². The van der Waals surface area contributed by atoms with Gasteiger partial charge in [-0.15, -0.1) is 5.11 Å². The maximum absolute atomic E-state index is 13.9. The Labute approximate surface area is 172 Å². The maximum Gasteiger partial charge on any atom is 0.228 e. The van der Waals surface area contributed by atoms with Crippen molar-refractivity contribution in [2.75, 3.05) is 24.3 Å². The fourth-order valence-electron chi connectivity index (χ4n) is 2.26. The van der Waals surface area contributed by atoms with Crippen LogP contribution < -0.4 is 10.2 Å². The number of aromatic nitrogens is 2. The average molecular weight is 419 g/mol. The molecule has 0 atom stereocenters. The number of hydrogen-bond acceptors (Lipinski definition) is 6. The van der Waals surface area contributed by atoms with Gasteiger partial charge in [0.1, 0.15) is 5.82 Å². The highest BCUT2D eigenvalue weighted by Gasteiger charge is 2.15. The van der Waals surface area contributed by atoms with Crippen molar-refractivity contribution in [1.29, 1.82) is 0 Å². The van der Waals surface area contributed by atoms with Gasteiger partial charge in [0.25, 0.3) is 0 Å². The van der Waals surface area contributed by atoms with Crippen LogP contribution in [-0.2, 0) is 6.54 Å². The molecule has 1 aromatic heterocycles. The van der Waals surface area contributed by atoms with Gasteiger partial charge in [-0.3, -0.25) is 0 Å². The minimum absolute atomic E-state index is 0.132. The molecule has 28 heavy (non-hydrogen) atoms. The summed E-state index contributed by atoms with van der Waals surface area (Å²) >= 11 is 12.2. The first kappa shape index (κ1) is 20.0. The number of anilines is 2. The topological polar surface area (TPSA) is 65.8 Å². The summed E-state index contributed by atoms with van der Waals surface area (Å²) in [4.78, 5) is 10.4. The normalized spacial score (nSPS) is 11.0. The maximum atomic E-state index is 13.9. The summed E-state index contributed by atoms with van der Waals surface area (Å²) in [7, 11) is 3.59. The number of nitrogens with one attached hydrogen (secondary N) is 1. The van der Waals surface area contributed by atoms with Gasteiger partial charge in [-0.2, -0.15) is 15.1 Å². The average Bonchev–Trinajstić information content (AvgIpc) is 2.67. The third-order valence-corrected chi connectivity index (χ3v) is 4.24. The quantitative estimate of drug-likeness (QED) is 0.392. The van der Waals surface area contributed by atoms with E-state index in [1.807, 2.05) is 0 Å². The van der Waals surface area contributed by atoms with Crippen LogP contribution in [0.4, 0.5) is 27.5 Å². The minimum atomic E-state index is -0.313. The third kappa shape index (κ3) is 4.94. The standard InChI is InChI=1S/C19H17Cl2FN6/c1-28(2)19-24-17(21)16(27-26-14-9-7-13(20)8-10-14)18(25-19)23-11-12-5-3-4-6-15(12)22/h3-10H,11H2,1-2H3,(H,23,24,25).